The van der Waals surface area contributed by atoms with Crippen LogP contribution in [0.4, 0.5) is 5.95 Å². The van der Waals surface area contributed by atoms with Gasteiger partial charge in [0.2, 0.25) is 5.95 Å². The zero-order chi connectivity index (χ0) is 18.9. The van der Waals surface area contributed by atoms with Crippen molar-refractivity contribution in [1.82, 2.24) is 34.0 Å². The largest absolute Gasteiger partial charge is 0.348 e. The first-order valence-corrected chi connectivity index (χ1v) is 9.48. The van der Waals surface area contributed by atoms with Crippen LogP contribution >= 0.6 is 0 Å². The van der Waals surface area contributed by atoms with E-state index in [0.29, 0.717) is 12.5 Å². The first-order chi connectivity index (χ1) is 13.8. The Labute approximate surface area is 162 Å². The molecule has 4 aromatic heterocycles. The van der Waals surface area contributed by atoms with E-state index in [1.807, 2.05) is 6.07 Å². The molecule has 8 nitrogen and oxygen atoms in total. The third-order valence-corrected chi connectivity index (χ3v) is 5.10. The van der Waals surface area contributed by atoms with Crippen LogP contribution in [0.25, 0.3) is 5.52 Å². The molecule has 142 valence electrons. The van der Waals surface area contributed by atoms with Gasteiger partial charge in [-0.2, -0.15) is 5.10 Å². The minimum Gasteiger partial charge on any atom is -0.348 e. The highest BCUT2D eigenvalue weighted by Gasteiger charge is 2.20. The van der Waals surface area contributed by atoms with Gasteiger partial charge in [0.05, 0.1) is 35.7 Å². The van der Waals surface area contributed by atoms with Crippen molar-refractivity contribution in [3.63, 3.8) is 0 Å². The molecule has 0 bridgehead atoms. The Bertz CT molecular complexity index is 1100. The van der Waals surface area contributed by atoms with E-state index in [2.05, 4.69) is 60.6 Å². The van der Waals surface area contributed by atoms with E-state index in [1.54, 1.807) is 18.5 Å². The first-order valence-electron chi connectivity index (χ1n) is 9.48. The van der Waals surface area contributed by atoms with Crippen LogP contribution in [-0.4, -0.2) is 40.6 Å². The molecule has 1 aliphatic rings. The fourth-order valence-electron chi connectivity index (χ4n) is 3.76. The number of nitrogens with one attached hydrogen (secondary N) is 1. The first kappa shape index (κ1) is 16.9. The van der Waals surface area contributed by atoms with Gasteiger partial charge in [0.15, 0.2) is 0 Å². The Balaban J connectivity index is 1.28. The predicted octanol–water partition coefficient (Wildman–Crippen LogP) is 2.26. The van der Waals surface area contributed by atoms with Crippen molar-refractivity contribution in [2.75, 3.05) is 11.9 Å². The number of rotatable bonds is 5. The van der Waals surface area contributed by atoms with E-state index in [0.717, 1.165) is 43.4 Å². The smallest absolute Gasteiger partial charge is 0.222 e. The fraction of sp³-hybridized carbons (Fsp3) is 0.300. The van der Waals surface area contributed by atoms with Crippen LogP contribution in [0, 0.1) is 6.92 Å². The van der Waals surface area contributed by atoms with Gasteiger partial charge < -0.3 is 9.72 Å². The number of imidazole rings is 1. The maximum absolute atomic E-state index is 4.78. The monoisotopic (exact) mass is 374 g/mol. The lowest BCUT2D eigenvalue weighted by Gasteiger charge is -2.26. The highest BCUT2D eigenvalue weighted by Crippen LogP contribution is 2.19. The van der Waals surface area contributed by atoms with Crippen LogP contribution in [0.5, 0.6) is 0 Å². The normalized spacial score (nSPS) is 14.3. The highest BCUT2D eigenvalue weighted by atomic mass is 15.3. The van der Waals surface area contributed by atoms with Crippen molar-refractivity contribution >= 4 is 11.5 Å². The molecular weight excluding hydrogens is 352 g/mol. The SMILES string of the molecule is Cc1nc(CN2CCn3nc(CNc4ncccn4)cc3C2)c2ccccn12. The standard InChI is InChI=1S/C20H22N8/c1-15-24-18(19-5-2-3-8-27(15)19)14-26-9-10-28-17(13-26)11-16(25-28)12-23-20-21-6-4-7-22-20/h2-8,11H,9-10,12-14H2,1H3,(H,21,22,23). The number of anilines is 1. The lowest BCUT2D eigenvalue weighted by atomic mass is 10.2. The van der Waals surface area contributed by atoms with Crippen LogP contribution in [0.1, 0.15) is 22.9 Å². The number of fused-ring (bicyclic) bond motifs is 2. The summed E-state index contributed by atoms with van der Waals surface area (Å²) in [7, 11) is 0. The van der Waals surface area contributed by atoms with Crippen LogP contribution in [0.2, 0.25) is 0 Å². The zero-order valence-electron chi connectivity index (χ0n) is 15.8. The van der Waals surface area contributed by atoms with Crippen LogP contribution in [0.15, 0.2) is 48.9 Å². The highest BCUT2D eigenvalue weighted by molar-refractivity contribution is 5.53. The molecule has 0 aliphatic carbocycles. The van der Waals surface area contributed by atoms with Crippen molar-refractivity contribution < 1.29 is 0 Å². The summed E-state index contributed by atoms with van der Waals surface area (Å²) in [4.78, 5) is 15.6. The number of nitrogens with zero attached hydrogens (tertiary/aromatic N) is 7. The molecule has 8 heteroatoms. The number of hydrogen-bond donors (Lipinski definition) is 1. The van der Waals surface area contributed by atoms with E-state index in [1.165, 1.54) is 11.2 Å². The van der Waals surface area contributed by atoms with Gasteiger partial charge in [0.25, 0.3) is 0 Å². The van der Waals surface area contributed by atoms with E-state index >= 15 is 0 Å². The van der Waals surface area contributed by atoms with Crippen molar-refractivity contribution in [1.29, 1.82) is 0 Å². The minimum atomic E-state index is 0.620. The molecule has 0 atom stereocenters. The van der Waals surface area contributed by atoms with Gasteiger partial charge in [-0.25, -0.2) is 15.0 Å². The average molecular weight is 374 g/mol. The van der Waals surface area contributed by atoms with Gasteiger partial charge in [-0.3, -0.25) is 9.58 Å². The predicted molar refractivity (Wildman–Crippen MR) is 106 cm³/mol. The molecule has 28 heavy (non-hydrogen) atoms. The molecular formula is C20H22N8. The van der Waals surface area contributed by atoms with Crippen LogP contribution in [-0.2, 0) is 26.2 Å². The molecule has 0 unspecified atom stereocenters. The number of aromatic nitrogens is 6. The summed E-state index contributed by atoms with van der Waals surface area (Å²) in [5, 5.41) is 7.93. The summed E-state index contributed by atoms with van der Waals surface area (Å²) >= 11 is 0. The third-order valence-electron chi connectivity index (χ3n) is 5.10. The second kappa shape index (κ2) is 7.05. The van der Waals surface area contributed by atoms with E-state index in [-0.39, 0.29) is 0 Å². The Hall–Kier alpha value is -3.26. The summed E-state index contributed by atoms with van der Waals surface area (Å²) < 4.78 is 4.26. The van der Waals surface area contributed by atoms with Crippen molar-refractivity contribution in [3.05, 3.63) is 71.8 Å². The summed E-state index contributed by atoms with van der Waals surface area (Å²) in [5.74, 6) is 1.65. The fourth-order valence-corrected chi connectivity index (χ4v) is 3.76. The second-order valence-corrected chi connectivity index (χ2v) is 7.05. The molecule has 0 fully saturated rings. The van der Waals surface area contributed by atoms with Gasteiger partial charge in [0, 0.05) is 38.2 Å². The van der Waals surface area contributed by atoms with E-state index in [4.69, 9.17) is 10.1 Å². The van der Waals surface area contributed by atoms with Gasteiger partial charge in [-0.05, 0) is 31.2 Å². The average Bonchev–Trinajstić information content (AvgIpc) is 3.28. The lowest BCUT2D eigenvalue weighted by molar-refractivity contribution is 0.204. The maximum atomic E-state index is 4.78. The Morgan fingerprint density at radius 3 is 2.89 bits per heavy atom. The third kappa shape index (κ3) is 3.22. The number of pyridine rings is 1. The Morgan fingerprint density at radius 1 is 1.11 bits per heavy atom. The maximum Gasteiger partial charge on any atom is 0.222 e. The van der Waals surface area contributed by atoms with E-state index < -0.39 is 0 Å². The summed E-state index contributed by atoms with van der Waals surface area (Å²) in [6.45, 7) is 6.25. The van der Waals surface area contributed by atoms with E-state index in [9.17, 15) is 0 Å². The molecule has 0 saturated carbocycles. The molecule has 0 radical (unpaired) electrons. The second-order valence-electron chi connectivity index (χ2n) is 7.05. The van der Waals surface area contributed by atoms with Crippen LogP contribution in [0.3, 0.4) is 0 Å². The molecule has 5 heterocycles. The van der Waals surface area contributed by atoms with Crippen LogP contribution < -0.4 is 5.32 Å². The molecule has 1 N–H and O–H groups in total. The minimum absolute atomic E-state index is 0.620. The van der Waals surface area contributed by atoms with Crippen molar-refractivity contribution in [2.24, 2.45) is 0 Å². The number of aryl methyl sites for hydroxylation is 1. The molecule has 4 aromatic rings. The van der Waals surface area contributed by atoms with Gasteiger partial charge in [-0.1, -0.05) is 6.07 Å². The molecule has 0 spiro atoms. The van der Waals surface area contributed by atoms with Gasteiger partial charge in [0.1, 0.15) is 5.82 Å². The van der Waals surface area contributed by atoms with Gasteiger partial charge in [-0.15, -0.1) is 0 Å². The Kier molecular flexibility index (Phi) is 4.25. The van der Waals surface area contributed by atoms with Crippen molar-refractivity contribution in [2.45, 2.75) is 33.1 Å². The van der Waals surface area contributed by atoms with Gasteiger partial charge >= 0.3 is 0 Å². The molecule has 5 rings (SSSR count). The quantitative estimate of drug-likeness (QED) is 0.577. The zero-order valence-corrected chi connectivity index (χ0v) is 15.8. The summed E-state index contributed by atoms with van der Waals surface area (Å²) in [6.07, 6.45) is 5.53. The molecule has 0 aromatic carbocycles. The number of hydrogen-bond acceptors (Lipinski definition) is 6. The lowest BCUT2D eigenvalue weighted by Crippen LogP contribution is -2.33. The molecule has 0 saturated heterocycles. The summed E-state index contributed by atoms with van der Waals surface area (Å²) in [6, 6.07) is 10.2. The summed E-state index contributed by atoms with van der Waals surface area (Å²) in [5.41, 5.74) is 4.56. The van der Waals surface area contributed by atoms with Crippen molar-refractivity contribution in [3.8, 4) is 0 Å². The molecule has 0 amide bonds. The molecule has 1 aliphatic heterocycles. The Morgan fingerprint density at radius 2 is 2.00 bits per heavy atom. The topological polar surface area (TPSA) is 76.2 Å².